The van der Waals surface area contributed by atoms with E-state index < -0.39 is 86.8 Å². The number of amides is 1. The van der Waals surface area contributed by atoms with Gasteiger partial charge in [-0.25, -0.2) is 0 Å². The van der Waals surface area contributed by atoms with Crippen LogP contribution in [0.5, 0.6) is 0 Å². The second kappa shape index (κ2) is 63.8. The SMILES string of the molecule is CC/C=C\C/C=C\C/C=C\C/C=C\C/C=C\C/C=C\C/C=C\C/C=C\C/C=C\CCCCCCCCCCCCCCCC(=O)NC(COC1OC(CO)C(OC2OC(CO)C(O)C(O)C2O)C(O)C1O)C(O)/C=C/CCCCCCCCCCCCCCCCCCCC. The summed E-state index contributed by atoms with van der Waals surface area (Å²) >= 11 is 0. The molecule has 0 aliphatic carbocycles. The minimum Gasteiger partial charge on any atom is -0.394 e. The molecule has 0 radical (unpaired) electrons. The van der Waals surface area contributed by atoms with E-state index in [1.807, 2.05) is 6.08 Å². The van der Waals surface area contributed by atoms with Crippen LogP contribution in [0.15, 0.2) is 122 Å². The Labute approximate surface area is 578 Å². The quantitative estimate of drug-likeness (QED) is 0.0204. The number of aliphatic hydroxyl groups excluding tert-OH is 8. The predicted molar refractivity (Wildman–Crippen MR) is 392 cm³/mol. The molecule has 0 saturated carbocycles. The van der Waals surface area contributed by atoms with Crippen molar-refractivity contribution in [1.82, 2.24) is 5.32 Å². The highest BCUT2D eigenvalue weighted by atomic mass is 16.7. The molecule has 2 rings (SSSR count). The van der Waals surface area contributed by atoms with Crippen LogP contribution in [0.25, 0.3) is 0 Å². The molecular formula is C81H139NO13. The Morgan fingerprint density at radius 2 is 0.726 bits per heavy atom. The third-order valence-corrected chi connectivity index (χ3v) is 17.9. The molecular weight excluding hydrogens is 1190 g/mol. The molecule has 0 bridgehead atoms. The van der Waals surface area contributed by atoms with Crippen molar-refractivity contribution in [2.24, 2.45) is 0 Å². The summed E-state index contributed by atoms with van der Waals surface area (Å²) in [6.07, 6.45) is 76.8. The van der Waals surface area contributed by atoms with E-state index in [0.29, 0.717) is 6.42 Å². The van der Waals surface area contributed by atoms with Crippen LogP contribution in [0, 0.1) is 0 Å². The highest BCUT2D eigenvalue weighted by molar-refractivity contribution is 5.76. The molecule has 14 nitrogen and oxygen atoms in total. The van der Waals surface area contributed by atoms with Gasteiger partial charge in [0.2, 0.25) is 5.91 Å². The van der Waals surface area contributed by atoms with Crippen molar-refractivity contribution in [1.29, 1.82) is 0 Å². The molecule has 0 spiro atoms. The lowest BCUT2D eigenvalue weighted by Gasteiger charge is -2.46. The van der Waals surface area contributed by atoms with Crippen LogP contribution in [0.4, 0.5) is 0 Å². The van der Waals surface area contributed by atoms with Crippen molar-refractivity contribution in [3.05, 3.63) is 122 Å². The molecule has 9 N–H and O–H groups in total. The third-order valence-electron chi connectivity index (χ3n) is 17.9. The summed E-state index contributed by atoms with van der Waals surface area (Å²) in [6.45, 7) is 2.71. The predicted octanol–water partition coefficient (Wildman–Crippen LogP) is 16.8. The first kappa shape index (κ1) is 87.5. The van der Waals surface area contributed by atoms with E-state index >= 15 is 0 Å². The zero-order chi connectivity index (χ0) is 68.7. The van der Waals surface area contributed by atoms with E-state index in [4.69, 9.17) is 18.9 Å². The maximum atomic E-state index is 13.4. The number of hydrogen-bond acceptors (Lipinski definition) is 13. The van der Waals surface area contributed by atoms with Crippen LogP contribution >= 0.6 is 0 Å². The van der Waals surface area contributed by atoms with Gasteiger partial charge >= 0.3 is 0 Å². The van der Waals surface area contributed by atoms with Crippen molar-refractivity contribution in [3.63, 3.8) is 0 Å². The molecule has 2 fully saturated rings. The van der Waals surface area contributed by atoms with Gasteiger partial charge in [0.15, 0.2) is 12.6 Å². The minimum absolute atomic E-state index is 0.242. The summed E-state index contributed by atoms with van der Waals surface area (Å²) in [5.41, 5.74) is 0. The molecule has 12 atom stereocenters. The third kappa shape index (κ3) is 47.1. The van der Waals surface area contributed by atoms with E-state index in [0.717, 1.165) is 103 Å². The molecule has 2 saturated heterocycles. The first-order chi connectivity index (χ1) is 46.6. The van der Waals surface area contributed by atoms with Gasteiger partial charge in [0.05, 0.1) is 32.0 Å². The lowest BCUT2D eigenvalue weighted by Crippen LogP contribution is -2.65. The van der Waals surface area contributed by atoms with Crippen LogP contribution < -0.4 is 5.32 Å². The van der Waals surface area contributed by atoms with Gasteiger partial charge < -0.3 is 65.1 Å². The first-order valence-electron chi connectivity index (χ1n) is 38.3. The topological polar surface area (TPSA) is 228 Å². The van der Waals surface area contributed by atoms with Crippen molar-refractivity contribution >= 4 is 5.91 Å². The average Bonchev–Trinajstić information content (AvgIpc) is 0.897. The number of allylic oxidation sites excluding steroid dienone is 19. The van der Waals surface area contributed by atoms with Crippen molar-refractivity contribution in [3.8, 4) is 0 Å². The maximum Gasteiger partial charge on any atom is 0.220 e. The number of carbonyl (C=O) groups is 1. The Morgan fingerprint density at radius 1 is 0.389 bits per heavy atom. The summed E-state index contributed by atoms with van der Waals surface area (Å²) in [4.78, 5) is 13.4. The average molecular weight is 1330 g/mol. The number of aliphatic hydroxyl groups is 8. The fraction of sp³-hybridized carbons (Fsp3) is 0.741. The van der Waals surface area contributed by atoms with Gasteiger partial charge in [-0.2, -0.15) is 0 Å². The summed E-state index contributed by atoms with van der Waals surface area (Å²) in [7, 11) is 0. The standard InChI is InChI=1S/C81H139NO13/c1-3-5-7-9-11-13-15-17-19-21-23-25-26-27-28-29-30-31-32-33-34-35-36-37-38-39-40-41-42-43-44-45-47-49-51-53-55-57-59-61-63-65-73(86)82-69(70(85)64-62-60-58-56-54-52-50-48-46-24-22-20-18-16-14-12-10-8-6-4-2)68-92-80-78(91)76(89)79(72(67-84)94-80)95-81-77(90)75(88)74(87)71(66-83)93-81/h5,7,11,13,17,19,23,25,27-28,30-31,33-34,36-37,39-40,62,64,69-72,74-81,83-85,87-91H,3-4,6,8-10,12,14-16,18,20-22,24,26,29,32,35,38,41-61,63,65-68H2,1-2H3,(H,82,86)/b7-5-,13-11-,19-17-,25-23-,28-27-,31-30-,34-33-,37-36-,40-39-,64-62+. The second-order valence-electron chi connectivity index (χ2n) is 26.4. The summed E-state index contributed by atoms with van der Waals surface area (Å²) in [5.74, 6) is -0.242. The Kier molecular flexibility index (Phi) is 58.8. The number of carbonyl (C=O) groups excluding carboxylic acids is 1. The molecule has 14 heteroatoms. The fourth-order valence-corrected chi connectivity index (χ4v) is 11.9. The molecule has 0 aromatic carbocycles. The molecule has 0 aromatic rings. The lowest BCUT2D eigenvalue weighted by molar-refractivity contribution is -0.359. The van der Waals surface area contributed by atoms with Gasteiger partial charge in [-0.05, 0) is 89.9 Å². The van der Waals surface area contributed by atoms with E-state index in [2.05, 4.69) is 129 Å². The highest BCUT2D eigenvalue weighted by Gasteiger charge is 2.51. The molecule has 2 aliphatic rings. The van der Waals surface area contributed by atoms with Crippen molar-refractivity contribution in [2.45, 2.75) is 364 Å². The van der Waals surface area contributed by atoms with Crippen molar-refractivity contribution < 1.29 is 64.6 Å². The second-order valence-corrected chi connectivity index (χ2v) is 26.4. The Balaban J connectivity index is 1.61. The van der Waals surface area contributed by atoms with Gasteiger partial charge in [0.1, 0.15) is 48.8 Å². The maximum absolute atomic E-state index is 13.4. The monoisotopic (exact) mass is 1330 g/mol. The number of rotatable bonds is 62. The van der Waals surface area contributed by atoms with Gasteiger partial charge in [-0.1, -0.05) is 315 Å². The summed E-state index contributed by atoms with van der Waals surface area (Å²) in [6, 6.07) is -0.923. The fourth-order valence-electron chi connectivity index (χ4n) is 11.9. The molecule has 12 unspecified atom stereocenters. The molecule has 0 aromatic heterocycles. The normalized spacial score (nSPS) is 23.1. The summed E-state index contributed by atoms with van der Waals surface area (Å²) < 4.78 is 22.9. The van der Waals surface area contributed by atoms with Crippen LogP contribution in [-0.4, -0.2) is 140 Å². The molecule has 95 heavy (non-hydrogen) atoms. The number of nitrogens with one attached hydrogen (secondary N) is 1. The summed E-state index contributed by atoms with van der Waals surface area (Å²) in [5, 5.41) is 87.5. The van der Waals surface area contributed by atoms with E-state index in [1.165, 1.54) is 161 Å². The van der Waals surface area contributed by atoms with Crippen molar-refractivity contribution in [2.75, 3.05) is 19.8 Å². The Hall–Kier alpha value is -3.61. The van der Waals surface area contributed by atoms with Gasteiger partial charge in [0, 0.05) is 6.42 Å². The van der Waals surface area contributed by atoms with Gasteiger partial charge in [-0.3, -0.25) is 4.79 Å². The Morgan fingerprint density at radius 3 is 1.12 bits per heavy atom. The smallest absolute Gasteiger partial charge is 0.220 e. The zero-order valence-corrected chi connectivity index (χ0v) is 59.6. The van der Waals surface area contributed by atoms with E-state index in [9.17, 15) is 45.6 Å². The number of unbranched alkanes of at least 4 members (excludes halogenated alkanes) is 31. The molecule has 2 aliphatic heterocycles. The van der Waals surface area contributed by atoms with E-state index in [-0.39, 0.29) is 18.9 Å². The van der Waals surface area contributed by atoms with Gasteiger partial charge in [0.25, 0.3) is 0 Å². The molecule has 1 amide bonds. The molecule has 2 heterocycles. The largest absolute Gasteiger partial charge is 0.394 e. The first-order valence-corrected chi connectivity index (χ1v) is 38.3. The number of ether oxygens (including phenoxy) is 4. The zero-order valence-electron chi connectivity index (χ0n) is 59.6. The minimum atomic E-state index is -1.79. The van der Waals surface area contributed by atoms with Crippen LogP contribution in [0.1, 0.15) is 290 Å². The number of hydrogen-bond donors (Lipinski definition) is 9. The van der Waals surface area contributed by atoms with Gasteiger partial charge in [-0.15, -0.1) is 0 Å². The Bertz CT molecular complexity index is 2060. The van der Waals surface area contributed by atoms with Crippen LogP contribution in [0.2, 0.25) is 0 Å². The highest BCUT2D eigenvalue weighted by Crippen LogP contribution is 2.30. The lowest BCUT2D eigenvalue weighted by atomic mass is 9.97. The molecule has 546 valence electrons. The van der Waals surface area contributed by atoms with Crippen LogP contribution in [0.3, 0.4) is 0 Å². The van der Waals surface area contributed by atoms with E-state index in [1.54, 1.807) is 6.08 Å². The van der Waals surface area contributed by atoms with Crippen LogP contribution in [-0.2, 0) is 23.7 Å².